The molecule has 100 valence electrons. The predicted molar refractivity (Wildman–Crippen MR) is 67.2 cm³/mol. The zero-order valence-electron chi connectivity index (χ0n) is 9.53. The van der Waals surface area contributed by atoms with Crippen LogP contribution in [0.1, 0.15) is 22.9 Å². The van der Waals surface area contributed by atoms with E-state index >= 15 is 0 Å². The zero-order chi connectivity index (χ0) is 14.0. The molecule has 2 aromatic heterocycles. The minimum atomic E-state index is -4.48. The van der Waals surface area contributed by atoms with Crippen molar-refractivity contribution < 1.29 is 13.2 Å². The van der Waals surface area contributed by atoms with Gasteiger partial charge in [-0.15, -0.1) is 0 Å². The summed E-state index contributed by atoms with van der Waals surface area (Å²) in [7, 11) is 0. The molecule has 2 N–H and O–H groups in total. The molecule has 0 aliphatic heterocycles. The molecule has 2 rings (SSSR count). The fourth-order valence-electron chi connectivity index (χ4n) is 1.69. The number of halogens is 4. The van der Waals surface area contributed by atoms with Crippen LogP contribution in [-0.4, -0.2) is 9.97 Å². The van der Waals surface area contributed by atoms with E-state index in [0.29, 0.717) is 10.2 Å². The van der Waals surface area contributed by atoms with Crippen LogP contribution in [0.5, 0.6) is 0 Å². The van der Waals surface area contributed by atoms with Crippen LogP contribution >= 0.6 is 15.9 Å². The normalized spacial score (nSPS) is 13.3. The summed E-state index contributed by atoms with van der Waals surface area (Å²) in [5, 5.41) is 0. The molecule has 0 aliphatic rings. The van der Waals surface area contributed by atoms with Crippen LogP contribution in [0.4, 0.5) is 13.2 Å². The minimum absolute atomic E-state index is 0.102. The Morgan fingerprint density at radius 2 is 1.95 bits per heavy atom. The summed E-state index contributed by atoms with van der Waals surface area (Å²) in [4.78, 5) is 7.72. The van der Waals surface area contributed by atoms with Crippen LogP contribution in [0, 0.1) is 0 Å². The van der Waals surface area contributed by atoms with Gasteiger partial charge in [-0.3, -0.25) is 9.97 Å². The molecule has 1 unspecified atom stereocenters. The Morgan fingerprint density at radius 1 is 1.21 bits per heavy atom. The Kier molecular flexibility index (Phi) is 3.86. The van der Waals surface area contributed by atoms with Gasteiger partial charge in [0.25, 0.3) is 0 Å². The summed E-state index contributed by atoms with van der Waals surface area (Å²) >= 11 is 3.23. The molecule has 3 nitrogen and oxygen atoms in total. The molecule has 2 aromatic rings. The largest absolute Gasteiger partial charge is 0.416 e. The summed E-state index contributed by atoms with van der Waals surface area (Å²) in [6, 6.07) is 3.24. The molecule has 0 saturated carbocycles. The molecular weight excluding hydrogens is 323 g/mol. The molecule has 0 amide bonds. The Hall–Kier alpha value is -1.47. The van der Waals surface area contributed by atoms with Crippen molar-refractivity contribution in [3.8, 4) is 0 Å². The number of rotatable bonds is 2. The SMILES string of the molecule is NC(c1cnccc1C(F)(F)F)c1ncccc1Br. The Bertz CT molecular complexity index is 586. The Labute approximate surface area is 115 Å². The molecule has 0 aliphatic carbocycles. The number of aromatic nitrogens is 2. The van der Waals surface area contributed by atoms with E-state index in [4.69, 9.17) is 5.73 Å². The van der Waals surface area contributed by atoms with Crippen molar-refractivity contribution in [2.45, 2.75) is 12.2 Å². The third-order valence-corrected chi connectivity index (χ3v) is 3.24. The van der Waals surface area contributed by atoms with E-state index in [1.165, 1.54) is 6.20 Å². The smallest absolute Gasteiger partial charge is 0.319 e. The van der Waals surface area contributed by atoms with Crippen LogP contribution < -0.4 is 5.73 Å². The van der Waals surface area contributed by atoms with Gasteiger partial charge in [0.05, 0.1) is 17.3 Å². The number of alkyl halides is 3. The van der Waals surface area contributed by atoms with Gasteiger partial charge < -0.3 is 5.73 Å². The lowest BCUT2D eigenvalue weighted by molar-refractivity contribution is -0.138. The molecule has 2 heterocycles. The summed E-state index contributed by atoms with van der Waals surface area (Å²) in [5.41, 5.74) is 5.32. The Morgan fingerprint density at radius 3 is 2.58 bits per heavy atom. The monoisotopic (exact) mass is 331 g/mol. The highest BCUT2D eigenvalue weighted by molar-refractivity contribution is 9.10. The van der Waals surface area contributed by atoms with Crippen molar-refractivity contribution in [2.75, 3.05) is 0 Å². The van der Waals surface area contributed by atoms with Gasteiger partial charge in [0, 0.05) is 28.6 Å². The topological polar surface area (TPSA) is 51.8 Å². The minimum Gasteiger partial charge on any atom is -0.319 e. The third kappa shape index (κ3) is 2.93. The van der Waals surface area contributed by atoms with Crippen LogP contribution in [-0.2, 0) is 6.18 Å². The van der Waals surface area contributed by atoms with Crippen molar-refractivity contribution in [3.05, 3.63) is 58.1 Å². The van der Waals surface area contributed by atoms with Crippen molar-refractivity contribution in [3.63, 3.8) is 0 Å². The molecule has 19 heavy (non-hydrogen) atoms. The van der Waals surface area contributed by atoms with E-state index in [9.17, 15) is 13.2 Å². The van der Waals surface area contributed by atoms with E-state index in [0.717, 1.165) is 18.5 Å². The van der Waals surface area contributed by atoms with Crippen LogP contribution in [0.2, 0.25) is 0 Å². The number of nitrogens with zero attached hydrogens (tertiary/aromatic N) is 2. The maximum atomic E-state index is 12.9. The highest BCUT2D eigenvalue weighted by Gasteiger charge is 2.35. The third-order valence-electron chi connectivity index (χ3n) is 2.57. The van der Waals surface area contributed by atoms with Gasteiger partial charge in [0.2, 0.25) is 0 Å². The summed E-state index contributed by atoms with van der Waals surface area (Å²) in [5.74, 6) is 0. The number of hydrogen-bond donors (Lipinski definition) is 1. The lowest BCUT2D eigenvalue weighted by Gasteiger charge is -2.18. The van der Waals surface area contributed by atoms with Crippen molar-refractivity contribution in [1.82, 2.24) is 9.97 Å². The number of nitrogens with two attached hydrogens (primary N) is 1. The average Bonchev–Trinajstić information content (AvgIpc) is 2.37. The Balaban J connectivity index is 2.51. The lowest BCUT2D eigenvalue weighted by atomic mass is 10.0. The van der Waals surface area contributed by atoms with E-state index in [-0.39, 0.29) is 5.56 Å². The first-order valence-corrected chi connectivity index (χ1v) is 6.07. The lowest BCUT2D eigenvalue weighted by Crippen LogP contribution is -2.20. The van der Waals surface area contributed by atoms with E-state index in [1.54, 1.807) is 12.1 Å². The second kappa shape index (κ2) is 5.26. The molecule has 0 fully saturated rings. The predicted octanol–water partition coefficient (Wildman–Crippen LogP) is 3.31. The maximum Gasteiger partial charge on any atom is 0.416 e. The van der Waals surface area contributed by atoms with Crippen LogP contribution in [0.15, 0.2) is 41.3 Å². The van der Waals surface area contributed by atoms with Crippen molar-refractivity contribution in [1.29, 1.82) is 0 Å². The first-order valence-electron chi connectivity index (χ1n) is 5.28. The van der Waals surface area contributed by atoms with E-state index in [1.807, 2.05) is 0 Å². The molecule has 0 saturated heterocycles. The molecule has 1 atom stereocenters. The van der Waals surface area contributed by atoms with Gasteiger partial charge >= 0.3 is 6.18 Å². The van der Waals surface area contributed by atoms with Gasteiger partial charge in [-0.05, 0) is 34.1 Å². The summed E-state index contributed by atoms with van der Waals surface area (Å²) in [6.07, 6.45) is -0.790. The number of pyridine rings is 2. The standard InChI is InChI=1S/C12H9BrF3N3/c13-9-2-1-4-19-11(9)10(17)7-6-18-5-3-8(7)12(14,15)16/h1-6,10H,17H2. The van der Waals surface area contributed by atoms with E-state index < -0.39 is 17.8 Å². The van der Waals surface area contributed by atoms with Crippen LogP contribution in [0.25, 0.3) is 0 Å². The molecule has 7 heteroatoms. The quantitative estimate of drug-likeness (QED) is 0.918. The first-order chi connectivity index (χ1) is 8.91. The maximum absolute atomic E-state index is 12.9. The van der Waals surface area contributed by atoms with Crippen molar-refractivity contribution >= 4 is 15.9 Å². The summed E-state index contributed by atoms with van der Waals surface area (Å²) in [6.45, 7) is 0. The second-order valence-corrected chi connectivity index (χ2v) is 4.66. The fourth-order valence-corrected chi connectivity index (χ4v) is 2.19. The van der Waals surface area contributed by atoms with Gasteiger partial charge in [-0.25, -0.2) is 0 Å². The second-order valence-electron chi connectivity index (χ2n) is 3.81. The summed E-state index contributed by atoms with van der Waals surface area (Å²) < 4.78 is 39.3. The zero-order valence-corrected chi connectivity index (χ0v) is 11.1. The average molecular weight is 332 g/mol. The first kappa shape index (κ1) is 14.0. The molecule has 0 bridgehead atoms. The highest BCUT2D eigenvalue weighted by atomic mass is 79.9. The molecular formula is C12H9BrF3N3. The van der Waals surface area contributed by atoms with Gasteiger partial charge in [-0.2, -0.15) is 13.2 Å². The highest BCUT2D eigenvalue weighted by Crippen LogP contribution is 2.35. The van der Waals surface area contributed by atoms with Crippen LogP contribution in [0.3, 0.4) is 0 Å². The van der Waals surface area contributed by atoms with E-state index in [2.05, 4.69) is 25.9 Å². The number of hydrogen-bond acceptors (Lipinski definition) is 3. The van der Waals surface area contributed by atoms with Gasteiger partial charge in [-0.1, -0.05) is 0 Å². The van der Waals surface area contributed by atoms with Gasteiger partial charge in [0.1, 0.15) is 0 Å². The molecule has 0 aromatic carbocycles. The molecule has 0 spiro atoms. The van der Waals surface area contributed by atoms with Crippen molar-refractivity contribution in [2.24, 2.45) is 5.73 Å². The van der Waals surface area contributed by atoms with Gasteiger partial charge in [0.15, 0.2) is 0 Å². The molecule has 0 radical (unpaired) electrons. The fraction of sp³-hybridized carbons (Fsp3) is 0.167.